The van der Waals surface area contributed by atoms with Crippen LogP contribution in [0, 0.1) is 0 Å². The van der Waals surface area contributed by atoms with Crippen molar-refractivity contribution in [1.29, 1.82) is 0 Å². The van der Waals surface area contributed by atoms with E-state index in [0.29, 0.717) is 22.7 Å². The number of methoxy groups -OCH3 is 2. The Morgan fingerprint density at radius 3 is 2.50 bits per heavy atom. The van der Waals surface area contributed by atoms with Crippen LogP contribution in [-0.2, 0) is 4.74 Å². The van der Waals surface area contributed by atoms with Crippen LogP contribution in [0.3, 0.4) is 0 Å². The van der Waals surface area contributed by atoms with Crippen LogP contribution >= 0.6 is 0 Å². The van der Waals surface area contributed by atoms with E-state index in [9.17, 15) is 4.79 Å². The lowest BCUT2D eigenvalue weighted by Gasteiger charge is -2.12. The molecule has 0 aromatic heterocycles. The van der Waals surface area contributed by atoms with Crippen molar-refractivity contribution in [2.45, 2.75) is 6.92 Å². The van der Waals surface area contributed by atoms with Gasteiger partial charge in [-0.1, -0.05) is 0 Å². The molecule has 0 saturated carbocycles. The van der Waals surface area contributed by atoms with Gasteiger partial charge in [0.25, 0.3) is 0 Å². The summed E-state index contributed by atoms with van der Waals surface area (Å²) < 4.78 is 15.1. The fraction of sp³-hybridized carbons (Fsp3) is 0.364. The molecular formula is C11H15NO4. The van der Waals surface area contributed by atoms with Gasteiger partial charge in [0, 0.05) is 24.4 Å². The molecule has 0 aliphatic rings. The molecule has 0 fully saturated rings. The number of hydrogen-bond donors (Lipinski definition) is 1. The van der Waals surface area contributed by atoms with Crippen molar-refractivity contribution < 1.29 is 19.0 Å². The fourth-order valence-electron chi connectivity index (χ4n) is 1.28. The molecule has 0 aliphatic heterocycles. The average Bonchev–Trinajstić information content (AvgIpc) is 2.25. The van der Waals surface area contributed by atoms with E-state index in [0.717, 1.165) is 0 Å². The first-order valence-electron chi connectivity index (χ1n) is 4.70. The summed E-state index contributed by atoms with van der Waals surface area (Å²) >= 11 is 0. The van der Waals surface area contributed by atoms with Crippen LogP contribution in [0.2, 0.25) is 0 Å². The molecule has 0 saturated heterocycles. The monoisotopic (exact) mass is 225 g/mol. The van der Waals surface area contributed by atoms with E-state index >= 15 is 0 Å². The van der Waals surface area contributed by atoms with Gasteiger partial charge in [-0.25, -0.2) is 0 Å². The van der Waals surface area contributed by atoms with Crippen LogP contribution in [0.25, 0.3) is 0 Å². The first kappa shape index (κ1) is 12.3. The predicted molar refractivity (Wildman–Crippen MR) is 59.9 cm³/mol. The van der Waals surface area contributed by atoms with Gasteiger partial charge in [0.05, 0.1) is 7.11 Å². The molecule has 1 aromatic rings. The maximum absolute atomic E-state index is 11.3. The van der Waals surface area contributed by atoms with E-state index in [4.69, 9.17) is 19.9 Å². The zero-order chi connectivity index (χ0) is 12.1. The van der Waals surface area contributed by atoms with Crippen molar-refractivity contribution in [1.82, 2.24) is 0 Å². The molecule has 2 N–H and O–H groups in total. The van der Waals surface area contributed by atoms with Crippen molar-refractivity contribution in [2.75, 3.05) is 26.7 Å². The highest BCUT2D eigenvalue weighted by molar-refractivity contribution is 5.99. The van der Waals surface area contributed by atoms with Crippen LogP contribution < -0.4 is 15.2 Å². The Morgan fingerprint density at radius 1 is 1.31 bits per heavy atom. The van der Waals surface area contributed by atoms with Crippen molar-refractivity contribution in [2.24, 2.45) is 0 Å². The minimum absolute atomic E-state index is 0.0925. The topological polar surface area (TPSA) is 70.8 Å². The van der Waals surface area contributed by atoms with Gasteiger partial charge in [-0.2, -0.15) is 0 Å². The molecule has 1 aromatic carbocycles. The number of benzene rings is 1. The minimum atomic E-state index is -0.117. The maximum atomic E-state index is 11.3. The largest absolute Gasteiger partial charge is 0.493 e. The second-order valence-corrected chi connectivity index (χ2v) is 3.20. The van der Waals surface area contributed by atoms with E-state index in [1.807, 2.05) is 0 Å². The highest BCUT2D eigenvalue weighted by atomic mass is 16.7. The lowest BCUT2D eigenvalue weighted by molar-refractivity contribution is 0.0492. The van der Waals surface area contributed by atoms with Crippen molar-refractivity contribution >= 4 is 11.5 Å². The van der Waals surface area contributed by atoms with Gasteiger partial charge in [0.15, 0.2) is 24.1 Å². The number of nitrogens with two attached hydrogens (primary N) is 1. The number of hydrogen-bond acceptors (Lipinski definition) is 5. The molecule has 0 unspecified atom stereocenters. The third-order valence-electron chi connectivity index (χ3n) is 2.05. The summed E-state index contributed by atoms with van der Waals surface area (Å²) in [5.74, 6) is 0.789. The average molecular weight is 225 g/mol. The molecule has 1 rings (SSSR count). The predicted octanol–water partition coefficient (Wildman–Crippen LogP) is 1.46. The molecule has 0 amide bonds. The summed E-state index contributed by atoms with van der Waals surface area (Å²) in [6, 6.07) is 3.11. The van der Waals surface area contributed by atoms with Gasteiger partial charge in [0.2, 0.25) is 0 Å². The third kappa shape index (κ3) is 2.64. The van der Waals surface area contributed by atoms with Crippen molar-refractivity contribution in [3.05, 3.63) is 17.7 Å². The standard InChI is InChI=1S/C11H15NO4/c1-7(13)8-4-10(15-3)11(5-9(8)12)16-6-14-2/h4-5H,6,12H2,1-3H3. The van der Waals surface area contributed by atoms with E-state index in [1.165, 1.54) is 21.1 Å². The first-order chi connectivity index (χ1) is 7.60. The molecule has 0 spiro atoms. The molecular weight excluding hydrogens is 210 g/mol. The van der Waals surface area contributed by atoms with Gasteiger partial charge >= 0.3 is 0 Å². The molecule has 0 atom stereocenters. The second kappa shape index (κ2) is 5.37. The van der Waals surface area contributed by atoms with Gasteiger partial charge in [0.1, 0.15) is 0 Å². The van der Waals surface area contributed by atoms with Crippen LogP contribution in [-0.4, -0.2) is 26.8 Å². The zero-order valence-corrected chi connectivity index (χ0v) is 9.57. The maximum Gasteiger partial charge on any atom is 0.188 e. The summed E-state index contributed by atoms with van der Waals surface area (Å²) in [4.78, 5) is 11.3. The number of carbonyl (C=O) groups is 1. The first-order valence-corrected chi connectivity index (χ1v) is 4.70. The smallest absolute Gasteiger partial charge is 0.188 e. The lowest BCUT2D eigenvalue weighted by atomic mass is 10.1. The Hall–Kier alpha value is -1.75. The molecule has 0 bridgehead atoms. The Balaban J connectivity index is 3.10. The Kier molecular flexibility index (Phi) is 4.13. The second-order valence-electron chi connectivity index (χ2n) is 3.20. The normalized spacial score (nSPS) is 9.94. The van der Waals surface area contributed by atoms with Gasteiger partial charge < -0.3 is 19.9 Å². The van der Waals surface area contributed by atoms with Gasteiger partial charge in [-0.3, -0.25) is 4.79 Å². The number of nitrogen functional groups attached to an aromatic ring is 1. The number of ether oxygens (including phenoxy) is 3. The summed E-state index contributed by atoms with van der Waals surface area (Å²) in [7, 11) is 3.01. The van der Waals surface area contributed by atoms with E-state index in [2.05, 4.69) is 0 Å². The summed E-state index contributed by atoms with van der Waals surface area (Å²) in [6.45, 7) is 1.54. The number of ketones is 1. The Labute approximate surface area is 94.1 Å². The van der Waals surface area contributed by atoms with E-state index in [-0.39, 0.29) is 12.6 Å². The van der Waals surface area contributed by atoms with Crippen LogP contribution in [0.5, 0.6) is 11.5 Å². The van der Waals surface area contributed by atoms with Gasteiger partial charge in [-0.05, 0) is 13.0 Å². The molecule has 16 heavy (non-hydrogen) atoms. The molecule has 5 nitrogen and oxygen atoms in total. The molecule has 0 aliphatic carbocycles. The van der Waals surface area contributed by atoms with Crippen molar-refractivity contribution in [3.63, 3.8) is 0 Å². The number of carbonyl (C=O) groups excluding carboxylic acids is 1. The van der Waals surface area contributed by atoms with E-state index in [1.54, 1.807) is 12.1 Å². The summed E-state index contributed by atoms with van der Waals surface area (Å²) in [6.07, 6.45) is 0. The third-order valence-corrected chi connectivity index (χ3v) is 2.05. The lowest BCUT2D eigenvalue weighted by Crippen LogP contribution is -2.05. The molecule has 0 radical (unpaired) electrons. The zero-order valence-electron chi connectivity index (χ0n) is 9.57. The molecule has 88 valence electrons. The van der Waals surface area contributed by atoms with Crippen LogP contribution in [0.1, 0.15) is 17.3 Å². The summed E-state index contributed by atoms with van der Waals surface area (Å²) in [5.41, 5.74) is 6.50. The van der Waals surface area contributed by atoms with Crippen LogP contribution in [0.15, 0.2) is 12.1 Å². The highest BCUT2D eigenvalue weighted by Gasteiger charge is 2.12. The van der Waals surface area contributed by atoms with Crippen molar-refractivity contribution in [3.8, 4) is 11.5 Å². The Morgan fingerprint density at radius 2 is 2.00 bits per heavy atom. The van der Waals surface area contributed by atoms with Gasteiger partial charge in [-0.15, -0.1) is 0 Å². The number of rotatable bonds is 5. The number of Topliss-reactive ketones (excluding diaryl/α,β-unsaturated/α-hetero) is 1. The SMILES string of the molecule is COCOc1cc(N)c(C(C)=O)cc1OC. The van der Waals surface area contributed by atoms with E-state index < -0.39 is 0 Å². The fourth-order valence-corrected chi connectivity index (χ4v) is 1.28. The highest BCUT2D eigenvalue weighted by Crippen LogP contribution is 2.32. The molecule has 0 heterocycles. The van der Waals surface area contributed by atoms with Crippen LogP contribution in [0.4, 0.5) is 5.69 Å². The minimum Gasteiger partial charge on any atom is -0.493 e. The Bertz CT molecular complexity index is 390. The number of anilines is 1. The summed E-state index contributed by atoms with van der Waals surface area (Å²) in [5, 5.41) is 0. The molecule has 5 heteroatoms. The quantitative estimate of drug-likeness (QED) is 0.466.